The number of nitrogens with one attached hydrogen (secondary N) is 1. The van der Waals surface area contributed by atoms with Crippen LogP contribution in [0.4, 0.5) is 0 Å². The first-order valence-electron chi connectivity index (χ1n) is 6.60. The third-order valence-electron chi connectivity index (χ3n) is 3.39. The standard InChI is InChI=1S/C13H28N2O/c1-5-14-11(2)12-7-6-8-15(9-12)10-13(3,4)16/h11-12,14,16H,5-10H2,1-4H3. The van der Waals surface area contributed by atoms with E-state index in [1.807, 2.05) is 13.8 Å². The molecule has 0 amide bonds. The summed E-state index contributed by atoms with van der Waals surface area (Å²) in [4.78, 5) is 2.40. The summed E-state index contributed by atoms with van der Waals surface area (Å²) in [5.41, 5.74) is -0.566. The fraction of sp³-hybridized carbons (Fsp3) is 1.00. The van der Waals surface area contributed by atoms with E-state index in [4.69, 9.17) is 0 Å². The van der Waals surface area contributed by atoms with E-state index in [0.29, 0.717) is 6.04 Å². The van der Waals surface area contributed by atoms with Gasteiger partial charge in [0.25, 0.3) is 0 Å². The van der Waals surface area contributed by atoms with Crippen LogP contribution in [0, 0.1) is 5.92 Å². The predicted octanol–water partition coefficient (Wildman–Crippen LogP) is 1.47. The highest BCUT2D eigenvalue weighted by Crippen LogP contribution is 2.21. The molecule has 0 spiro atoms. The molecule has 16 heavy (non-hydrogen) atoms. The van der Waals surface area contributed by atoms with Crippen molar-refractivity contribution in [1.29, 1.82) is 0 Å². The van der Waals surface area contributed by atoms with Crippen LogP contribution in [0.3, 0.4) is 0 Å². The Labute approximate surface area is 100 Å². The summed E-state index contributed by atoms with van der Waals surface area (Å²) in [6, 6.07) is 0.592. The molecule has 0 aliphatic carbocycles. The zero-order valence-electron chi connectivity index (χ0n) is 11.3. The van der Waals surface area contributed by atoms with Gasteiger partial charge in [-0.05, 0) is 52.6 Å². The lowest BCUT2D eigenvalue weighted by atomic mass is 9.91. The molecule has 0 aromatic carbocycles. The first-order valence-corrected chi connectivity index (χ1v) is 6.60. The van der Waals surface area contributed by atoms with E-state index in [1.165, 1.54) is 12.8 Å². The third-order valence-corrected chi connectivity index (χ3v) is 3.39. The van der Waals surface area contributed by atoms with Crippen molar-refractivity contribution in [2.75, 3.05) is 26.2 Å². The monoisotopic (exact) mass is 228 g/mol. The highest BCUT2D eigenvalue weighted by atomic mass is 16.3. The molecule has 3 nitrogen and oxygen atoms in total. The largest absolute Gasteiger partial charge is 0.389 e. The molecule has 0 bridgehead atoms. The van der Waals surface area contributed by atoms with Crippen LogP contribution >= 0.6 is 0 Å². The van der Waals surface area contributed by atoms with Gasteiger partial charge in [-0.2, -0.15) is 0 Å². The minimum Gasteiger partial charge on any atom is -0.389 e. The summed E-state index contributed by atoms with van der Waals surface area (Å²) < 4.78 is 0. The van der Waals surface area contributed by atoms with Gasteiger partial charge in [-0.25, -0.2) is 0 Å². The Kier molecular flexibility index (Phi) is 5.22. The molecule has 1 rings (SSSR count). The smallest absolute Gasteiger partial charge is 0.0718 e. The number of nitrogens with zero attached hydrogens (tertiary/aromatic N) is 1. The number of likely N-dealkylation sites (tertiary alicyclic amines) is 1. The van der Waals surface area contributed by atoms with Crippen LogP contribution < -0.4 is 5.32 Å². The minimum atomic E-state index is -0.566. The van der Waals surface area contributed by atoms with E-state index in [-0.39, 0.29) is 0 Å². The molecule has 0 radical (unpaired) electrons. The van der Waals surface area contributed by atoms with Gasteiger partial charge in [0.2, 0.25) is 0 Å². The average Bonchev–Trinajstić information content (AvgIpc) is 2.16. The zero-order valence-corrected chi connectivity index (χ0v) is 11.3. The minimum absolute atomic E-state index is 0.566. The van der Waals surface area contributed by atoms with E-state index in [1.54, 1.807) is 0 Å². The molecule has 1 aliphatic rings. The van der Waals surface area contributed by atoms with Crippen molar-refractivity contribution in [2.24, 2.45) is 5.92 Å². The normalized spacial score (nSPS) is 25.7. The Hall–Kier alpha value is -0.120. The fourth-order valence-electron chi connectivity index (χ4n) is 2.68. The summed E-state index contributed by atoms with van der Waals surface area (Å²) in [5, 5.41) is 13.4. The van der Waals surface area contributed by atoms with Crippen molar-refractivity contribution < 1.29 is 5.11 Å². The molecule has 0 aromatic heterocycles. The van der Waals surface area contributed by atoms with E-state index in [2.05, 4.69) is 24.1 Å². The Balaban J connectivity index is 2.41. The molecular formula is C13H28N2O. The van der Waals surface area contributed by atoms with Crippen LogP contribution in [-0.2, 0) is 0 Å². The van der Waals surface area contributed by atoms with Gasteiger partial charge in [0, 0.05) is 19.1 Å². The molecule has 0 saturated carbocycles. The first kappa shape index (κ1) is 13.9. The van der Waals surface area contributed by atoms with Gasteiger partial charge in [-0.3, -0.25) is 0 Å². The van der Waals surface area contributed by atoms with E-state index < -0.39 is 5.60 Å². The summed E-state index contributed by atoms with van der Waals surface area (Å²) >= 11 is 0. The Bertz CT molecular complexity index is 201. The van der Waals surface area contributed by atoms with E-state index in [9.17, 15) is 5.11 Å². The van der Waals surface area contributed by atoms with Crippen LogP contribution in [0.2, 0.25) is 0 Å². The number of hydrogen-bond donors (Lipinski definition) is 2. The molecule has 3 heteroatoms. The lowest BCUT2D eigenvalue weighted by molar-refractivity contribution is 0.0185. The molecule has 0 aromatic rings. The molecule has 2 N–H and O–H groups in total. The fourth-order valence-corrected chi connectivity index (χ4v) is 2.68. The van der Waals surface area contributed by atoms with Crippen molar-refractivity contribution in [3.05, 3.63) is 0 Å². The summed E-state index contributed by atoms with van der Waals surface area (Å²) in [7, 11) is 0. The molecule has 1 heterocycles. The highest BCUT2D eigenvalue weighted by Gasteiger charge is 2.27. The van der Waals surface area contributed by atoms with Gasteiger partial charge in [-0.1, -0.05) is 6.92 Å². The lowest BCUT2D eigenvalue weighted by Gasteiger charge is -2.38. The number of β-amino-alcohol motifs (C(OH)–C–C–N with tert-alkyl or cyclic N) is 1. The highest BCUT2D eigenvalue weighted by molar-refractivity contribution is 4.82. The average molecular weight is 228 g/mol. The van der Waals surface area contributed by atoms with Crippen LogP contribution in [0.1, 0.15) is 40.5 Å². The van der Waals surface area contributed by atoms with Crippen LogP contribution in [0.25, 0.3) is 0 Å². The van der Waals surface area contributed by atoms with Crippen molar-refractivity contribution in [2.45, 2.75) is 52.2 Å². The SMILES string of the molecule is CCNC(C)C1CCCN(CC(C)(C)O)C1. The Morgan fingerprint density at radius 2 is 2.19 bits per heavy atom. The van der Waals surface area contributed by atoms with Crippen LogP contribution in [0.15, 0.2) is 0 Å². The molecule has 2 atom stereocenters. The number of rotatable bonds is 5. The molecule has 2 unspecified atom stereocenters. The van der Waals surface area contributed by atoms with Gasteiger partial charge >= 0.3 is 0 Å². The van der Waals surface area contributed by atoms with Gasteiger partial charge < -0.3 is 15.3 Å². The maximum atomic E-state index is 9.84. The first-order chi connectivity index (χ1) is 7.42. The molecular weight excluding hydrogens is 200 g/mol. The van der Waals surface area contributed by atoms with Crippen LogP contribution in [0.5, 0.6) is 0 Å². The number of piperidine rings is 1. The second kappa shape index (κ2) is 5.99. The molecule has 96 valence electrons. The Morgan fingerprint density at radius 1 is 1.50 bits per heavy atom. The third kappa shape index (κ3) is 4.81. The summed E-state index contributed by atoms with van der Waals surface area (Å²) in [6.07, 6.45) is 2.58. The maximum Gasteiger partial charge on any atom is 0.0718 e. The lowest BCUT2D eigenvalue weighted by Crippen LogP contribution is -2.48. The van der Waals surface area contributed by atoms with Crippen LogP contribution in [-0.4, -0.2) is 47.8 Å². The number of aliphatic hydroxyl groups is 1. The second-order valence-electron chi connectivity index (χ2n) is 5.80. The predicted molar refractivity (Wildman–Crippen MR) is 68.6 cm³/mol. The second-order valence-corrected chi connectivity index (χ2v) is 5.80. The topological polar surface area (TPSA) is 35.5 Å². The molecule has 1 fully saturated rings. The molecule has 1 aliphatic heterocycles. The van der Waals surface area contributed by atoms with Crippen molar-refractivity contribution in [3.63, 3.8) is 0 Å². The Morgan fingerprint density at radius 3 is 2.75 bits per heavy atom. The summed E-state index contributed by atoms with van der Waals surface area (Å²) in [5.74, 6) is 0.732. The maximum absolute atomic E-state index is 9.84. The van der Waals surface area contributed by atoms with Crippen molar-refractivity contribution in [3.8, 4) is 0 Å². The van der Waals surface area contributed by atoms with Gasteiger partial charge in [0.1, 0.15) is 0 Å². The van der Waals surface area contributed by atoms with Gasteiger partial charge in [-0.15, -0.1) is 0 Å². The molecule has 1 saturated heterocycles. The van der Waals surface area contributed by atoms with E-state index >= 15 is 0 Å². The number of hydrogen-bond acceptors (Lipinski definition) is 3. The zero-order chi connectivity index (χ0) is 12.2. The summed E-state index contributed by atoms with van der Waals surface area (Å²) in [6.45, 7) is 12.3. The van der Waals surface area contributed by atoms with E-state index in [0.717, 1.165) is 32.1 Å². The quantitative estimate of drug-likeness (QED) is 0.748. The van der Waals surface area contributed by atoms with Crippen molar-refractivity contribution >= 4 is 0 Å². The van der Waals surface area contributed by atoms with Crippen molar-refractivity contribution in [1.82, 2.24) is 10.2 Å². The van der Waals surface area contributed by atoms with Gasteiger partial charge in [0.05, 0.1) is 5.60 Å². The van der Waals surface area contributed by atoms with Gasteiger partial charge in [0.15, 0.2) is 0 Å².